The molecular weight excluding hydrogens is 354 g/mol. The van der Waals surface area contributed by atoms with E-state index < -0.39 is 0 Å². The van der Waals surface area contributed by atoms with Crippen LogP contribution in [0.4, 0.5) is 11.4 Å². The Balaban J connectivity index is 1.55. The molecule has 142 valence electrons. The highest BCUT2D eigenvalue weighted by Crippen LogP contribution is 2.28. The van der Waals surface area contributed by atoms with Gasteiger partial charge in [0.2, 0.25) is 5.91 Å². The summed E-state index contributed by atoms with van der Waals surface area (Å²) in [5.74, 6) is 0.200. The topological polar surface area (TPSA) is 44.4 Å². The maximum absolute atomic E-state index is 12.1. The van der Waals surface area contributed by atoms with E-state index in [9.17, 15) is 4.79 Å². The molecule has 1 atom stereocenters. The first-order valence-corrected chi connectivity index (χ1v) is 9.96. The SMILES string of the molecule is Cc1ccc(NC(=S)NC(C)CCc2ccccc2)cc1N1CCCC1=O. The Morgan fingerprint density at radius 3 is 2.70 bits per heavy atom. The molecular formula is C22H27N3OS. The number of carbonyl (C=O) groups is 1. The van der Waals surface area contributed by atoms with E-state index in [1.54, 1.807) is 0 Å². The van der Waals surface area contributed by atoms with E-state index in [0.717, 1.165) is 42.7 Å². The van der Waals surface area contributed by atoms with Gasteiger partial charge in [0, 0.05) is 30.4 Å². The van der Waals surface area contributed by atoms with Gasteiger partial charge in [-0.2, -0.15) is 0 Å². The fraction of sp³-hybridized carbons (Fsp3) is 0.364. The van der Waals surface area contributed by atoms with Gasteiger partial charge in [-0.3, -0.25) is 4.79 Å². The molecule has 2 N–H and O–H groups in total. The standard InChI is InChI=1S/C22H27N3OS/c1-16-10-13-19(15-20(16)25-14-6-9-21(25)26)24-22(27)23-17(2)11-12-18-7-4-3-5-8-18/h3-5,7-8,10,13,15,17H,6,9,11-12,14H2,1-2H3,(H2,23,24,27). The molecule has 0 aromatic heterocycles. The highest BCUT2D eigenvalue weighted by Gasteiger charge is 2.23. The van der Waals surface area contributed by atoms with Crippen molar-refractivity contribution >= 4 is 34.6 Å². The van der Waals surface area contributed by atoms with Gasteiger partial charge in [0.05, 0.1) is 0 Å². The van der Waals surface area contributed by atoms with Crippen LogP contribution in [0.3, 0.4) is 0 Å². The van der Waals surface area contributed by atoms with E-state index in [-0.39, 0.29) is 11.9 Å². The summed E-state index contributed by atoms with van der Waals surface area (Å²) in [6.07, 6.45) is 3.58. The minimum Gasteiger partial charge on any atom is -0.360 e. The fourth-order valence-corrected chi connectivity index (χ4v) is 3.69. The lowest BCUT2D eigenvalue weighted by Gasteiger charge is -2.21. The van der Waals surface area contributed by atoms with Gasteiger partial charge >= 0.3 is 0 Å². The van der Waals surface area contributed by atoms with Crippen molar-refractivity contribution in [3.63, 3.8) is 0 Å². The molecule has 0 saturated carbocycles. The number of hydrogen-bond donors (Lipinski definition) is 2. The van der Waals surface area contributed by atoms with Gasteiger partial charge in [-0.15, -0.1) is 0 Å². The second-order valence-electron chi connectivity index (χ2n) is 7.17. The lowest BCUT2D eigenvalue weighted by atomic mass is 10.1. The summed E-state index contributed by atoms with van der Waals surface area (Å²) >= 11 is 5.47. The third-order valence-corrected chi connectivity index (χ3v) is 5.14. The Morgan fingerprint density at radius 1 is 1.22 bits per heavy atom. The first-order valence-electron chi connectivity index (χ1n) is 9.55. The fourth-order valence-electron chi connectivity index (χ4n) is 3.37. The van der Waals surface area contributed by atoms with E-state index in [1.807, 2.05) is 36.1 Å². The van der Waals surface area contributed by atoms with Crippen LogP contribution < -0.4 is 15.5 Å². The minimum atomic E-state index is 0.200. The van der Waals surface area contributed by atoms with Crippen molar-refractivity contribution in [3.8, 4) is 0 Å². The summed E-state index contributed by atoms with van der Waals surface area (Å²) in [4.78, 5) is 13.9. The first kappa shape index (κ1) is 19.4. The summed E-state index contributed by atoms with van der Waals surface area (Å²) in [6, 6.07) is 16.8. The van der Waals surface area contributed by atoms with Gasteiger partial charge in [0.1, 0.15) is 0 Å². The van der Waals surface area contributed by atoms with Crippen LogP contribution in [-0.2, 0) is 11.2 Å². The number of nitrogens with zero attached hydrogens (tertiary/aromatic N) is 1. The van der Waals surface area contributed by atoms with Gasteiger partial charge in [0.15, 0.2) is 5.11 Å². The quantitative estimate of drug-likeness (QED) is 0.727. The van der Waals surface area contributed by atoms with E-state index in [0.29, 0.717) is 11.5 Å². The molecule has 3 rings (SSSR count). The third-order valence-electron chi connectivity index (χ3n) is 4.92. The Labute approximate surface area is 167 Å². The van der Waals surface area contributed by atoms with Gasteiger partial charge in [-0.25, -0.2) is 0 Å². The van der Waals surface area contributed by atoms with E-state index in [4.69, 9.17) is 12.2 Å². The number of hydrogen-bond acceptors (Lipinski definition) is 2. The molecule has 2 aromatic rings. The molecule has 0 aliphatic carbocycles. The van der Waals surface area contributed by atoms with E-state index in [2.05, 4.69) is 41.8 Å². The molecule has 27 heavy (non-hydrogen) atoms. The van der Waals surface area contributed by atoms with Crippen molar-refractivity contribution in [1.29, 1.82) is 0 Å². The molecule has 2 aromatic carbocycles. The molecule has 1 heterocycles. The molecule has 0 bridgehead atoms. The van der Waals surface area contributed by atoms with Crippen molar-refractivity contribution < 1.29 is 4.79 Å². The van der Waals surface area contributed by atoms with Crippen LogP contribution >= 0.6 is 12.2 Å². The molecule has 4 nitrogen and oxygen atoms in total. The van der Waals surface area contributed by atoms with Crippen LogP contribution in [-0.4, -0.2) is 23.6 Å². The van der Waals surface area contributed by atoms with Gasteiger partial charge < -0.3 is 15.5 Å². The first-order chi connectivity index (χ1) is 13.0. The Kier molecular flexibility index (Phi) is 6.45. The molecule has 1 aliphatic rings. The van der Waals surface area contributed by atoms with Gasteiger partial charge in [-0.1, -0.05) is 36.4 Å². The number of anilines is 2. The molecule has 0 radical (unpaired) electrons. The Morgan fingerprint density at radius 2 is 2.00 bits per heavy atom. The van der Waals surface area contributed by atoms with Crippen molar-refractivity contribution in [2.45, 2.75) is 45.6 Å². The summed E-state index contributed by atoms with van der Waals surface area (Å²) in [7, 11) is 0. The smallest absolute Gasteiger partial charge is 0.227 e. The molecule has 1 unspecified atom stereocenters. The van der Waals surface area contributed by atoms with Crippen molar-refractivity contribution in [3.05, 3.63) is 59.7 Å². The zero-order valence-corrected chi connectivity index (χ0v) is 16.8. The molecule has 5 heteroatoms. The normalized spacial score (nSPS) is 14.9. The van der Waals surface area contributed by atoms with Gasteiger partial charge in [-0.05, 0) is 68.6 Å². The third kappa shape index (κ3) is 5.30. The Bertz CT molecular complexity index is 806. The van der Waals surface area contributed by atoms with Crippen molar-refractivity contribution in [1.82, 2.24) is 5.32 Å². The summed E-state index contributed by atoms with van der Waals surface area (Å²) < 4.78 is 0. The number of rotatable bonds is 6. The average Bonchev–Trinajstić information content (AvgIpc) is 3.08. The Hall–Kier alpha value is -2.40. The van der Waals surface area contributed by atoms with Crippen molar-refractivity contribution in [2.75, 3.05) is 16.8 Å². The lowest BCUT2D eigenvalue weighted by molar-refractivity contribution is -0.117. The molecule has 1 saturated heterocycles. The number of benzene rings is 2. The van der Waals surface area contributed by atoms with Crippen LogP contribution in [0.15, 0.2) is 48.5 Å². The van der Waals surface area contributed by atoms with Crippen molar-refractivity contribution in [2.24, 2.45) is 0 Å². The minimum absolute atomic E-state index is 0.200. The second kappa shape index (κ2) is 9.00. The predicted octanol–water partition coefficient (Wildman–Crippen LogP) is 4.43. The maximum atomic E-state index is 12.1. The molecule has 1 fully saturated rings. The van der Waals surface area contributed by atoms with Crippen LogP contribution in [0.25, 0.3) is 0 Å². The number of amides is 1. The van der Waals surface area contributed by atoms with Crippen LogP contribution in [0, 0.1) is 6.92 Å². The van der Waals surface area contributed by atoms with Crippen LogP contribution in [0.5, 0.6) is 0 Å². The number of nitrogens with one attached hydrogen (secondary N) is 2. The highest BCUT2D eigenvalue weighted by molar-refractivity contribution is 7.80. The average molecular weight is 382 g/mol. The monoisotopic (exact) mass is 381 g/mol. The second-order valence-corrected chi connectivity index (χ2v) is 7.58. The molecule has 0 spiro atoms. The summed E-state index contributed by atoms with van der Waals surface area (Å²) in [5, 5.41) is 7.22. The highest BCUT2D eigenvalue weighted by atomic mass is 32.1. The summed E-state index contributed by atoms with van der Waals surface area (Å²) in [5.41, 5.74) is 4.32. The van der Waals surface area contributed by atoms with Crippen LogP contribution in [0.1, 0.15) is 37.3 Å². The van der Waals surface area contributed by atoms with Gasteiger partial charge in [0.25, 0.3) is 0 Å². The van der Waals surface area contributed by atoms with E-state index >= 15 is 0 Å². The number of thiocarbonyl (C=S) groups is 1. The van der Waals surface area contributed by atoms with E-state index in [1.165, 1.54) is 5.56 Å². The maximum Gasteiger partial charge on any atom is 0.227 e. The largest absolute Gasteiger partial charge is 0.360 e. The molecule has 1 aliphatic heterocycles. The lowest BCUT2D eigenvalue weighted by Crippen LogP contribution is -2.36. The number of carbonyl (C=O) groups excluding carboxylic acids is 1. The predicted molar refractivity (Wildman–Crippen MR) is 116 cm³/mol. The zero-order valence-electron chi connectivity index (χ0n) is 16.0. The van der Waals surface area contributed by atoms with Crippen LogP contribution in [0.2, 0.25) is 0 Å². The summed E-state index contributed by atoms with van der Waals surface area (Å²) in [6.45, 7) is 4.97. The molecule has 1 amide bonds. The number of aryl methyl sites for hydroxylation is 2. The zero-order chi connectivity index (χ0) is 19.2.